The van der Waals surface area contributed by atoms with Crippen LogP contribution in [0.3, 0.4) is 0 Å². The summed E-state index contributed by atoms with van der Waals surface area (Å²) in [5.74, 6) is -0.713. The van der Waals surface area contributed by atoms with Crippen LogP contribution in [0.15, 0.2) is 84.3 Å². The summed E-state index contributed by atoms with van der Waals surface area (Å²) >= 11 is 0. The van der Waals surface area contributed by atoms with Gasteiger partial charge >= 0.3 is 0 Å². The molecule has 6 rings (SSSR count). The fraction of sp³-hybridized carbons (Fsp3) is 0.233. The number of amides is 1. The molecule has 2 aliphatic rings. The quantitative estimate of drug-likeness (QED) is 0.410. The molecule has 0 spiro atoms. The molecule has 1 aliphatic heterocycles. The predicted octanol–water partition coefficient (Wildman–Crippen LogP) is 5.50. The number of carbonyl (C=O) groups is 2. The maximum atomic E-state index is 13.7. The SMILES string of the molecule is C=C1NC2=C(C(=O)CCC2)C(c2ccc3c(c2)c2ccccc2n3C)C1C(=O)Nc1ccc(C)cn1. The second-order valence-electron chi connectivity index (χ2n) is 9.84. The van der Waals surface area contributed by atoms with Crippen LogP contribution in [0.5, 0.6) is 0 Å². The zero-order valence-corrected chi connectivity index (χ0v) is 20.5. The van der Waals surface area contributed by atoms with Crippen LogP contribution in [0.1, 0.15) is 36.3 Å². The molecule has 2 unspecified atom stereocenters. The summed E-state index contributed by atoms with van der Waals surface area (Å²) in [5, 5.41) is 8.55. The number of para-hydroxylation sites is 1. The van der Waals surface area contributed by atoms with Crippen LogP contribution in [0.2, 0.25) is 0 Å². The first-order valence-corrected chi connectivity index (χ1v) is 12.3. The lowest BCUT2D eigenvalue weighted by atomic mass is 9.71. The van der Waals surface area contributed by atoms with Gasteiger partial charge in [-0.05, 0) is 55.2 Å². The summed E-state index contributed by atoms with van der Waals surface area (Å²) in [6.45, 7) is 6.19. The fourth-order valence-electron chi connectivity index (χ4n) is 5.79. The zero-order valence-electron chi connectivity index (χ0n) is 20.5. The Morgan fingerprint density at radius 3 is 2.69 bits per heavy atom. The molecule has 0 saturated heterocycles. The summed E-state index contributed by atoms with van der Waals surface area (Å²) < 4.78 is 2.18. The summed E-state index contributed by atoms with van der Waals surface area (Å²) in [4.78, 5) is 31.4. The summed E-state index contributed by atoms with van der Waals surface area (Å²) in [5.41, 5.74) is 6.44. The summed E-state index contributed by atoms with van der Waals surface area (Å²) in [7, 11) is 2.06. The molecule has 1 amide bonds. The van der Waals surface area contributed by atoms with E-state index in [-0.39, 0.29) is 11.7 Å². The normalized spacial score (nSPS) is 19.9. The first-order valence-electron chi connectivity index (χ1n) is 12.3. The van der Waals surface area contributed by atoms with E-state index in [4.69, 9.17) is 0 Å². The van der Waals surface area contributed by atoms with E-state index in [2.05, 4.69) is 64.1 Å². The number of aryl methyl sites for hydroxylation is 2. The van der Waals surface area contributed by atoms with Crippen LogP contribution in [0.4, 0.5) is 5.82 Å². The fourth-order valence-corrected chi connectivity index (χ4v) is 5.79. The second kappa shape index (κ2) is 8.48. The van der Waals surface area contributed by atoms with Gasteiger partial charge in [0.25, 0.3) is 0 Å². The minimum Gasteiger partial charge on any atom is -0.362 e. The van der Waals surface area contributed by atoms with Gasteiger partial charge in [0.15, 0.2) is 5.78 Å². The first kappa shape index (κ1) is 22.3. The Labute approximate surface area is 209 Å². The number of hydrogen-bond donors (Lipinski definition) is 2. The van der Waals surface area contributed by atoms with Crippen molar-refractivity contribution < 1.29 is 9.59 Å². The average Bonchev–Trinajstić information content (AvgIpc) is 3.16. The molecule has 2 atom stereocenters. The van der Waals surface area contributed by atoms with Gasteiger partial charge in [-0.25, -0.2) is 4.98 Å². The highest BCUT2D eigenvalue weighted by atomic mass is 16.2. The van der Waals surface area contributed by atoms with Crippen LogP contribution in [0.25, 0.3) is 21.8 Å². The number of rotatable bonds is 3. The van der Waals surface area contributed by atoms with Gasteiger partial charge < -0.3 is 15.2 Å². The Morgan fingerprint density at radius 2 is 1.89 bits per heavy atom. The number of allylic oxidation sites excluding steroid dienone is 2. The Morgan fingerprint density at radius 1 is 1.08 bits per heavy atom. The Hall–Kier alpha value is -4.19. The van der Waals surface area contributed by atoms with Gasteiger partial charge in [0.2, 0.25) is 5.91 Å². The van der Waals surface area contributed by atoms with Gasteiger partial charge in [-0.1, -0.05) is 36.9 Å². The van der Waals surface area contributed by atoms with Crippen molar-refractivity contribution in [3.8, 4) is 0 Å². The molecule has 4 aromatic rings. The molecule has 180 valence electrons. The van der Waals surface area contributed by atoms with Gasteiger partial charge in [-0.15, -0.1) is 0 Å². The molecule has 0 fully saturated rings. The molecule has 6 heteroatoms. The van der Waals surface area contributed by atoms with E-state index in [9.17, 15) is 9.59 Å². The highest BCUT2D eigenvalue weighted by molar-refractivity contribution is 6.09. The maximum absolute atomic E-state index is 13.7. The molecule has 0 bridgehead atoms. The van der Waals surface area contributed by atoms with E-state index < -0.39 is 11.8 Å². The number of ketones is 1. The minimum absolute atomic E-state index is 0.102. The number of nitrogens with zero attached hydrogens (tertiary/aromatic N) is 2. The molecular formula is C30H28N4O2. The van der Waals surface area contributed by atoms with E-state index >= 15 is 0 Å². The lowest BCUT2D eigenvalue weighted by molar-refractivity contribution is -0.120. The van der Waals surface area contributed by atoms with Gasteiger partial charge in [0.1, 0.15) is 5.82 Å². The second-order valence-corrected chi connectivity index (χ2v) is 9.84. The van der Waals surface area contributed by atoms with E-state index in [1.54, 1.807) is 12.3 Å². The van der Waals surface area contributed by atoms with Gasteiger partial charge in [-0.2, -0.15) is 0 Å². The van der Waals surface area contributed by atoms with Gasteiger partial charge in [0.05, 0.1) is 5.92 Å². The predicted molar refractivity (Wildman–Crippen MR) is 142 cm³/mol. The van der Waals surface area contributed by atoms with Crippen LogP contribution >= 0.6 is 0 Å². The average molecular weight is 477 g/mol. The van der Waals surface area contributed by atoms with Crippen molar-refractivity contribution in [1.29, 1.82) is 0 Å². The van der Waals surface area contributed by atoms with Gasteiger partial charge in [-0.3, -0.25) is 9.59 Å². The van der Waals surface area contributed by atoms with E-state index in [1.807, 2.05) is 25.1 Å². The number of fused-ring (bicyclic) bond motifs is 3. The number of hydrogen-bond acceptors (Lipinski definition) is 4. The van der Waals surface area contributed by atoms with Crippen LogP contribution in [-0.2, 0) is 16.6 Å². The van der Waals surface area contributed by atoms with Crippen molar-refractivity contribution in [2.45, 2.75) is 32.1 Å². The van der Waals surface area contributed by atoms with Crippen LogP contribution in [-0.4, -0.2) is 21.2 Å². The van der Waals surface area contributed by atoms with Crippen molar-refractivity contribution in [2.24, 2.45) is 13.0 Å². The zero-order chi connectivity index (χ0) is 25.0. The number of pyridine rings is 1. The van der Waals surface area contributed by atoms with E-state index in [0.717, 1.165) is 51.5 Å². The monoisotopic (exact) mass is 476 g/mol. The molecule has 2 aromatic carbocycles. The number of Topliss-reactive ketones (excluding diaryl/α,β-unsaturated/α-hetero) is 1. The lowest BCUT2D eigenvalue weighted by Gasteiger charge is -2.38. The Bertz CT molecular complexity index is 1590. The van der Waals surface area contributed by atoms with Crippen molar-refractivity contribution in [1.82, 2.24) is 14.9 Å². The molecule has 1 aliphatic carbocycles. The molecule has 2 aromatic heterocycles. The third-order valence-corrected chi connectivity index (χ3v) is 7.53. The molecule has 0 saturated carbocycles. The van der Waals surface area contributed by atoms with Crippen molar-refractivity contribution in [3.05, 3.63) is 95.5 Å². The van der Waals surface area contributed by atoms with E-state index in [1.165, 1.54) is 0 Å². The number of benzene rings is 2. The molecule has 0 radical (unpaired) electrons. The third kappa shape index (κ3) is 3.52. The summed E-state index contributed by atoms with van der Waals surface area (Å²) in [6, 6.07) is 18.3. The smallest absolute Gasteiger partial charge is 0.235 e. The standard InChI is InChI=1S/C30H28N4O2/c1-17-11-14-26(31-16-17)33-30(36)27-18(2)32-22-8-6-10-25(35)29(22)28(27)19-12-13-24-21(15-19)20-7-4-5-9-23(20)34(24)3/h4-5,7,9,11-16,27-28,32H,2,6,8,10H2,1,3H3,(H,31,33,36). The Kier molecular flexibility index (Phi) is 5.25. The Balaban J connectivity index is 1.50. The minimum atomic E-state index is -0.652. The number of nitrogens with one attached hydrogen (secondary N) is 2. The number of aromatic nitrogens is 2. The largest absolute Gasteiger partial charge is 0.362 e. The third-order valence-electron chi connectivity index (χ3n) is 7.53. The summed E-state index contributed by atoms with van der Waals surface area (Å²) in [6.07, 6.45) is 3.80. The van der Waals surface area contributed by atoms with Crippen molar-refractivity contribution in [2.75, 3.05) is 5.32 Å². The first-order chi connectivity index (χ1) is 17.4. The van der Waals surface area contributed by atoms with Crippen LogP contribution < -0.4 is 10.6 Å². The highest BCUT2D eigenvalue weighted by Gasteiger charge is 2.43. The topological polar surface area (TPSA) is 76.0 Å². The maximum Gasteiger partial charge on any atom is 0.235 e. The van der Waals surface area contributed by atoms with E-state index in [0.29, 0.717) is 23.5 Å². The molecule has 2 N–H and O–H groups in total. The highest BCUT2D eigenvalue weighted by Crippen LogP contribution is 2.45. The molecule has 36 heavy (non-hydrogen) atoms. The molecule has 3 heterocycles. The van der Waals surface area contributed by atoms with Crippen molar-refractivity contribution in [3.63, 3.8) is 0 Å². The number of carbonyl (C=O) groups excluding carboxylic acids is 2. The number of anilines is 1. The lowest BCUT2D eigenvalue weighted by Crippen LogP contribution is -2.42. The molecule has 6 nitrogen and oxygen atoms in total. The van der Waals surface area contributed by atoms with Crippen molar-refractivity contribution >= 4 is 39.3 Å². The van der Waals surface area contributed by atoms with Crippen LogP contribution in [0, 0.1) is 12.8 Å². The van der Waals surface area contributed by atoms with Gasteiger partial charge in [0, 0.05) is 64.4 Å². The molecular weight excluding hydrogens is 448 g/mol.